The summed E-state index contributed by atoms with van der Waals surface area (Å²) in [5, 5.41) is 2.16. The van der Waals surface area contributed by atoms with Crippen LogP contribution in [0, 0.1) is 0 Å². The third kappa shape index (κ3) is 3.57. The SMILES string of the molecule is CCC1CN(C)CCCN1C(c1cccs1)C(C)N. The summed E-state index contributed by atoms with van der Waals surface area (Å²) in [4.78, 5) is 6.53. The predicted molar refractivity (Wildman–Crippen MR) is 83.6 cm³/mol. The molecule has 4 heteroatoms. The highest BCUT2D eigenvalue weighted by atomic mass is 32.1. The Balaban J connectivity index is 2.23. The lowest BCUT2D eigenvalue weighted by molar-refractivity contribution is 0.115. The quantitative estimate of drug-likeness (QED) is 0.920. The van der Waals surface area contributed by atoms with Crippen LogP contribution in [0.2, 0.25) is 0 Å². The van der Waals surface area contributed by atoms with Crippen LogP contribution in [-0.4, -0.2) is 48.6 Å². The molecule has 0 saturated carbocycles. The first-order chi connectivity index (χ1) is 9.13. The number of hydrogen-bond donors (Lipinski definition) is 1. The van der Waals surface area contributed by atoms with Gasteiger partial charge in [0.05, 0.1) is 6.04 Å². The van der Waals surface area contributed by atoms with Crippen molar-refractivity contribution in [3.05, 3.63) is 22.4 Å². The Hall–Kier alpha value is -0.420. The van der Waals surface area contributed by atoms with Gasteiger partial charge in [0, 0.05) is 30.1 Å². The van der Waals surface area contributed by atoms with Crippen LogP contribution in [0.5, 0.6) is 0 Å². The summed E-state index contributed by atoms with van der Waals surface area (Å²) in [6.07, 6.45) is 2.43. The van der Waals surface area contributed by atoms with Crippen molar-refractivity contribution in [3.8, 4) is 0 Å². The number of likely N-dealkylation sites (N-methyl/N-ethyl adjacent to an activating group) is 1. The van der Waals surface area contributed by atoms with Crippen molar-refractivity contribution in [1.29, 1.82) is 0 Å². The number of hydrogen-bond acceptors (Lipinski definition) is 4. The first-order valence-electron chi connectivity index (χ1n) is 7.36. The van der Waals surface area contributed by atoms with E-state index in [0.29, 0.717) is 12.1 Å². The molecule has 0 radical (unpaired) electrons. The van der Waals surface area contributed by atoms with Crippen molar-refractivity contribution in [2.45, 2.75) is 44.8 Å². The fourth-order valence-electron chi connectivity index (χ4n) is 3.18. The fourth-order valence-corrected chi connectivity index (χ4v) is 4.14. The summed E-state index contributed by atoms with van der Waals surface area (Å²) in [6.45, 7) is 7.95. The van der Waals surface area contributed by atoms with E-state index >= 15 is 0 Å². The maximum absolute atomic E-state index is 6.31. The Bertz CT molecular complexity index is 363. The molecule has 0 amide bonds. The topological polar surface area (TPSA) is 32.5 Å². The van der Waals surface area contributed by atoms with E-state index in [-0.39, 0.29) is 6.04 Å². The van der Waals surface area contributed by atoms with Crippen LogP contribution in [0.4, 0.5) is 0 Å². The highest BCUT2D eigenvalue weighted by Gasteiger charge is 2.31. The van der Waals surface area contributed by atoms with E-state index in [0.717, 1.165) is 13.1 Å². The zero-order valence-corrected chi connectivity index (χ0v) is 13.2. The molecule has 0 aromatic carbocycles. The minimum atomic E-state index is 0.177. The number of nitrogens with two attached hydrogens (primary N) is 1. The van der Waals surface area contributed by atoms with Crippen LogP contribution in [0.3, 0.4) is 0 Å². The van der Waals surface area contributed by atoms with Crippen LogP contribution in [0.1, 0.15) is 37.6 Å². The Morgan fingerprint density at radius 3 is 2.84 bits per heavy atom. The molecule has 3 atom stereocenters. The predicted octanol–water partition coefficient (Wildman–Crippen LogP) is 2.55. The molecular formula is C15H27N3S. The van der Waals surface area contributed by atoms with E-state index < -0.39 is 0 Å². The first kappa shape index (κ1) is 15.0. The average Bonchev–Trinajstić information content (AvgIpc) is 2.81. The van der Waals surface area contributed by atoms with Gasteiger partial charge < -0.3 is 10.6 Å². The summed E-state index contributed by atoms with van der Waals surface area (Å²) in [5.41, 5.74) is 6.31. The number of thiophene rings is 1. The van der Waals surface area contributed by atoms with Crippen LogP contribution in [0.15, 0.2) is 17.5 Å². The van der Waals surface area contributed by atoms with Crippen LogP contribution >= 0.6 is 11.3 Å². The maximum Gasteiger partial charge on any atom is 0.0593 e. The molecule has 2 heterocycles. The third-order valence-electron chi connectivity index (χ3n) is 4.11. The van der Waals surface area contributed by atoms with Gasteiger partial charge in [-0.3, -0.25) is 4.90 Å². The molecule has 1 aliphatic rings. The second-order valence-electron chi connectivity index (χ2n) is 5.74. The second kappa shape index (κ2) is 6.84. The van der Waals surface area contributed by atoms with Crippen LogP contribution < -0.4 is 5.73 Å². The van der Waals surface area contributed by atoms with Gasteiger partial charge in [0.25, 0.3) is 0 Å². The van der Waals surface area contributed by atoms with Gasteiger partial charge in [0.15, 0.2) is 0 Å². The molecule has 1 aromatic heterocycles. The van der Waals surface area contributed by atoms with Crippen molar-refractivity contribution in [2.24, 2.45) is 5.73 Å². The van der Waals surface area contributed by atoms with Crippen molar-refractivity contribution in [1.82, 2.24) is 9.80 Å². The van der Waals surface area contributed by atoms with Crippen molar-refractivity contribution < 1.29 is 0 Å². The molecule has 0 aliphatic carbocycles. The van der Waals surface area contributed by atoms with Gasteiger partial charge in [-0.05, 0) is 44.8 Å². The normalized spacial score (nSPS) is 26.0. The van der Waals surface area contributed by atoms with E-state index in [1.54, 1.807) is 0 Å². The van der Waals surface area contributed by atoms with Crippen molar-refractivity contribution in [3.63, 3.8) is 0 Å². The molecule has 3 unspecified atom stereocenters. The molecule has 19 heavy (non-hydrogen) atoms. The largest absolute Gasteiger partial charge is 0.326 e. The van der Waals surface area contributed by atoms with E-state index in [4.69, 9.17) is 5.73 Å². The maximum atomic E-state index is 6.31. The minimum absolute atomic E-state index is 0.177. The molecule has 1 fully saturated rings. The molecule has 2 N–H and O–H groups in total. The lowest BCUT2D eigenvalue weighted by Crippen LogP contribution is -2.47. The van der Waals surface area contributed by atoms with Crippen molar-refractivity contribution in [2.75, 3.05) is 26.7 Å². The Morgan fingerprint density at radius 2 is 2.26 bits per heavy atom. The van der Waals surface area contributed by atoms with Crippen LogP contribution in [0.25, 0.3) is 0 Å². The second-order valence-corrected chi connectivity index (χ2v) is 6.71. The smallest absolute Gasteiger partial charge is 0.0593 e. The highest BCUT2D eigenvalue weighted by molar-refractivity contribution is 7.10. The zero-order chi connectivity index (χ0) is 13.8. The van der Waals surface area contributed by atoms with E-state index in [1.807, 2.05) is 11.3 Å². The molecule has 0 bridgehead atoms. The summed E-state index contributed by atoms with van der Waals surface area (Å²) in [6, 6.07) is 5.54. The van der Waals surface area contributed by atoms with E-state index in [2.05, 4.69) is 48.2 Å². The first-order valence-corrected chi connectivity index (χ1v) is 8.24. The number of rotatable bonds is 4. The van der Waals surface area contributed by atoms with Gasteiger partial charge in [-0.1, -0.05) is 13.0 Å². The van der Waals surface area contributed by atoms with Gasteiger partial charge in [-0.25, -0.2) is 0 Å². The lowest BCUT2D eigenvalue weighted by atomic mass is 10.0. The van der Waals surface area contributed by atoms with Gasteiger partial charge in [0.2, 0.25) is 0 Å². The Kier molecular flexibility index (Phi) is 5.39. The minimum Gasteiger partial charge on any atom is -0.326 e. The van der Waals surface area contributed by atoms with E-state index in [9.17, 15) is 0 Å². The molecule has 1 aromatic rings. The zero-order valence-electron chi connectivity index (χ0n) is 12.4. The molecule has 1 aliphatic heterocycles. The van der Waals surface area contributed by atoms with Gasteiger partial charge in [0.1, 0.15) is 0 Å². The fraction of sp³-hybridized carbons (Fsp3) is 0.733. The Labute approximate surface area is 121 Å². The summed E-state index contributed by atoms with van der Waals surface area (Å²) in [7, 11) is 2.23. The van der Waals surface area contributed by atoms with Crippen LogP contribution in [-0.2, 0) is 0 Å². The average molecular weight is 281 g/mol. The van der Waals surface area contributed by atoms with Gasteiger partial charge >= 0.3 is 0 Å². The molecule has 0 spiro atoms. The standard InChI is InChI=1S/C15H27N3S/c1-4-13-11-17(3)8-6-9-18(13)15(12(2)16)14-7-5-10-19-14/h5,7,10,12-13,15H,4,6,8-9,11,16H2,1-3H3. The summed E-state index contributed by atoms with van der Waals surface area (Å²) < 4.78 is 0. The van der Waals surface area contributed by atoms with E-state index in [1.165, 1.54) is 24.3 Å². The van der Waals surface area contributed by atoms with Crippen molar-refractivity contribution >= 4 is 11.3 Å². The highest BCUT2D eigenvalue weighted by Crippen LogP contribution is 2.31. The molecule has 108 valence electrons. The summed E-state index contributed by atoms with van der Waals surface area (Å²) in [5.74, 6) is 0. The monoisotopic (exact) mass is 281 g/mol. The Morgan fingerprint density at radius 1 is 1.47 bits per heavy atom. The molecule has 1 saturated heterocycles. The lowest BCUT2D eigenvalue weighted by Gasteiger charge is -2.38. The summed E-state index contributed by atoms with van der Waals surface area (Å²) >= 11 is 1.84. The molecule has 2 rings (SSSR count). The van der Waals surface area contributed by atoms with Gasteiger partial charge in [-0.15, -0.1) is 11.3 Å². The van der Waals surface area contributed by atoms with Gasteiger partial charge in [-0.2, -0.15) is 0 Å². The molecule has 3 nitrogen and oxygen atoms in total. The number of nitrogens with zero attached hydrogens (tertiary/aromatic N) is 2. The third-order valence-corrected chi connectivity index (χ3v) is 5.05. The molecular weight excluding hydrogens is 254 g/mol.